The molecule has 3 rings (SSSR count). The molecule has 1 saturated heterocycles. The van der Waals surface area contributed by atoms with Crippen LogP contribution in [-0.4, -0.2) is 47.8 Å². The first-order valence-electron chi connectivity index (χ1n) is 7.37. The molecular weight excluding hydrogens is 316 g/mol. The number of carbonyl (C=O) groups is 2. The van der Waals surface area contributed by atoms with Gasteiger partial charge in [0, 0.05) is 37.5 Å². The Morgan fingerprint density at radius 1 is 0.955 bits per heavy atom. The summed E-state index contributed by atoms with van der Waals surface area (Å²) in [6.45, 7) is 2.53. The summed E-state index contributed by atoms with van der Waals surface area (Å²) in [6.07, 6.45) is 1.37. The summed E-state index contributed by atoms with van der Waals surface area (Å²) in [6, 6.07) is 7.82. The van der Waals surface area contributed by atoms with Gasteiger partial charge < -0.3 is 9.80 Å². The lowest BCUT2D eigenvalue weighted by Crippen LogP contribution is -2.50. The zero-order valence-corrected chi connectivity index (χ0v) is 13.9. The second-order valence-electron chi connectivity index (χ2n) is 5.23. The van der Waals surface area contributed by atoms with Crippen molar-refractivity contribution < 1.29 is 9.59 Å². The second-order valence-corrected chi connectivity index (χ2v) is 7.21. The molecule has 0 unspecified atom stereocenters. The molecule has 0 N–H and O–H groups in total. The Morgan fingerprint density at radius 2 is 1.64 bits per heavy atom. The van der Waals surface area contributed by atoms with Crippen LogP contribution in [0.25, 0.3) is 0 Å². The van der Waals surface area contributed by atoms with Gasteiger partial charge in [-0.3, -0.25) is 9.59 Å². The first-order valence-corrected chi connectivity index (χ1v) is 9.13. The van der Waals surface area contributed by atoms with Crippen molar-refractivity contribution in [3.8, 4) is 0 Å². The third kappa shape index (κ3) is 3.56. The number of hydrogen-bond donors (Lipinski definition) is 0. The monoisotopic (exact) mass is 334 g/mol. The maximum atomic E-state index is 12.3. The molecule has 0 atom stereocenters. The molecule has 2 aromatic heterocycles. The Kier molecular flexibility index (Phi) is 4.90. The topological polar surface area (TPSA) is 40.6 Å². The molecule has 0 bridgehead atoms. The third-order valence-electron chi connectivity index (χ3n) is 3.82. The number of piperazine rings is 1. The average molecular weight is 334 g/mol. The molecule has 0 spiro atoms. The molecule has 4 nitrogen and oxygen atoms in total. The molecule has 3 heterocycles. The molecule has 1 fully saturated rings. The van der Waals surface area contributed by atoms with Crippen LogP contribution in [0.2, 0.25) is 0 Å². The van der Waals surface area contributed by atoms with Crippen molar-refractivity contribution in [1.29, 1.82) is 0 Å². The highest BCUT2D eigenvalue weighted by molar-refractivity contribution is 7.12. The zero-order valence-electron chi connectivity index (χ0n) is 12.2. The molecule has 0 aliphatic carbocycles. The van der Waals surface area contributed by atoms with Crippen molar-refractivity contribution >= 4 is 34.5 Å². The van der Waals surface area contributed by atoms with Crippen molar-refractivity contribution in [3.05, 3.63) is 44.8 Å². The van der Waals surface area contributed by atoms with E-state index in [0.717, 1.165) is 11.3 Å². The van der Waals surface area contributed by atoms with Gasteiger partial charge in [0.2, 0.25) is 5.91 Å². The summed E-state index contributed by atoms with van der Waals surface area (Å²) in [7, 11) is 0. The van der Waals surface area contributed by atoms with Crippen LogP contribution in [-0.2, 0) is 11.2 Å². The largest absolute Gasteiger partial charge is 0.339 e. The van der Waals surface area contributed by atoms with E-state index in [0.29, 0.717) is 32.6 Å². The lowest BCUT2D eigenvalue weighted by atomic mass is 10.2. The maximum absolute atomic E-state index is 12.3. The second kappa shape index (κ2) is 7.07. The number of amides is 2. The molecule has 6 heteroatoms. The predicted octanol–water partition coefficient (Wildman–Crippen LogP) is 2.73. The van der Waals surface area contributed by atoms with E-state index >= 15 is 0 Å². The van der Waals surface area contributed by atoms with Gasteiger partial charge in [0.05, 0.1) is 4.88 Å². The van der Waals surface area contributed by atoms with Crippen LogP contribution in [0.15, 0.2) is 35.0 Å². The minimum Gasteiger partial charge on any atom is -0.339 e. The Morgan fingerprint density at radius 3 is 2.27 bits per heavy atom. The predicted molar refractivity (Wildman–Crippen MR) is 89.4 cm³/mol. The Labute approximate surface area is 138 Å². The zero-order chi connectivity index (χ0) is 15.4. The van der Waals surface area contributed by atoms with E-state index in [2.05, 4.69) is 6.07 Å². The normalized spacial score (nSPS) is 15.1. The van der Waals surface area contributed by atoms with Crippen molar-refractivity contribution in [1.82, 2.24) is 9.80 Å². The molecular formula is C16H18N2O2S2. The number of aryl methyl sites for hydroxylation is 1. The standard InChI is InChI=1S/C16H18N2O2S2/c19-15(6-5-13-3-1-11-21-13)17-7-9-18(10-8-17)16(20)14-4-2-12-22-14/h1-4,11-12H,5-10H2. The van der Waals surface area contributed by atoms with Gasteiger partial charge in [0.1, 0.15) is 0 Å². The fraction of sp³-hybridized carbons (Fsp3) is 0.375. The summed E-state index contributed by atoms with van der Waals surface area (Å²) in [5, 5.41) is 3.95. The van der Waals surface area contributed by atoms with E-state index < -0.39 is 0 Å². The third-order valence-corrected chi connectivity index (χ3v) is 5.61. The minimum atomic E-state index is 0.0840. The smallest absolute Gasteiger partial charge is 0.264 e. The molecule has 22 heavy (non-hydrogen) atoms. The fourth-order valence-electron chi connectivity index (χ4n) is 2.56. The summed E-state index contributed by atoms with van der Waals surface area (Å²) in [4.78, 5) is 30.2. The van der Waals surface area contributed by atoms with Crippen molar-refractivity contribution in [3.63, 3.8) is 0 Å². The number of thiophene rings is 2. The van der Waals surface area contributed by atoms with E-state index in [1.165, 1.54) is 16.2 Å². The Balaban J connectivity index is 1.47. The van der Waals surface area contributed by atoms with Crippen LogP contribution in [0.5, 0.6) is 0 Å². The van der Waals surface area contributed by atoms with Crippen LogP contribution < -0.4 is 0 Å². The SMILES string of the molecule is O=C(CCc1cccs1)N1CCN(C(=O)c2cccs2)CC1. The van der Waals surface area contributed by atoms with Gasteiger partial charge in [0.15, 0.2) is 0 Å². The van der Waals surface area contributed by atoms with Crippen LogP contribution in [0.1, 0.15) is 21.0 Å². The number of carbonyl (C=O) groups excluding carboxylic acids is 2. The quantitative estimate of drug-likeness (QED) is 0.862. The molecule has 2 aromatic rings. The van der Waals surface area contributed by atoms with Gasteiger partial charge in [0.25, 0.3) is 5.91 Å². The molecule has 116 valence electrons. The van der Waals surface area contributed by atoms with Crippen molar-refractivity contribution in [2.75, 3.05) is 26.2 Å². The van der Waals surface area contributed by atoms with Crippen LogP contribution in [0.3, 0.4) is 0 Å². The summed E-state index contributed by atoms with van der Waals surface area (Å²) in [5.74, 6) is 0.275. The van der Waals surface area contributed by atoms with E-state index in [-0.39, 0.29) is 11.8 Å². The van der Waals surface area contributed by atoms with E-state index in [9.17, 15) is 9.59 Å². The number of nitrogens with zero attached hydrogens (tertiary/aromatic N) is 2. The minimum absolute atomic E-state index is 0.0840. The first kappa shape index (κ1) is 15.2. The molecule has 2 amide bonds. The van der Waals surface area contributed by atoms with E-state index in [1.807, 2.05) is 38.8 Å². The maximum Gasteiger partial charge on any atom is 0.264 e. The Hall–Kier alpha value is -1.66. The lowest BCUT2D eigenvalue weighted by molar-refractivity contribution is -0.132. The van der Waals surface area contributed by atoms with Gasteiger partial charge in [-0.25, -0.2) is 0 Å². The average Bonchev–Trinajstić information content (AvgIpc) is 3.25. The first-order chi connectivity index (χ1) is 10.7. The van der Waals surface area contributed by atoms with Gasteiger partial charge >= 0.3 is 0 Å². The lowest BCUT2D eigenvalue weighted by Gasteiger charge is -2.34. The van der Waals surface area contributed by atoms with E-state index in [1.54, 1.807) is 11.3 Å². The molecule has 1 aliphatic rings. The van der Waals surface area contributed by atoms with Crippen LogP contribution >= 0.6 is 22.7 Å². The van der Waals surface area contributed by atoms with Crippen molar-refractivity contribution in [2.45, 2.75) is 12.8 Å². The highest BCUT2D eigenvalue weighted by Crippen LogP contribution is 2.15. The molecule has 0 aromatic carbocycles. The summed E-state index contributed by atoms with van der Waals surface area (Å²) < 4.78 is 0. The van der Waals surface area contributed by atoms with E-state index in [4.69, 9.17) is 0 Å². The van der Waals surface area contributed by atoms with Gasteiger partial charge in [-0.2, -0.15) is 0 Å². The molecule has 1 aliphatic heterocycles. The van der Waals surface area contributed by atoms with Gasteiger partial charge in [-0.1, -0.05) is 12.1 Å². The Bertz CT molecular complexity index is 615. The highest BCUT2D eigenvalue weighted by atomic mass is 32.1. The van der Waals surface area contributed by atoms with Crippen LogP contribution in [0.4, 0.5) is 0 Å². The number of hydrogen-bond acceptors (Lipinski definition) is 4. The number of rotatable bonds is 4. The summed E-state index contributed by atoms with van der Waals surface area (Å²) in [5.41, 5.74) is 0. The van der Waals surface area contributed by atoms with Gasteiger partial charge in [-0.05, 0) is 29.3 Å². The van der Waals surface area contributed by atoms with Gasteiger partial charge in [-0.15, -0.1) is 22.7 Å². The van der Waals surface area contributed by atoms with Crippen molar-refractivity contribution in [2.24, 2.45) is 0 Å². The highest BCUT2D eigenvalue weighted by Gasteiger charge is 2.24. The molecule has 0 radical (unpaired) electrons. The fourth-order valence-corrected chi connectivity index (χ4v) is 3.96. The summed E-state index contributed by atoms with van der Waals surface area (Å²) >= 11 is 3.16. The molecule has 0 saturated carbocycles. The van der Waals surface area contributed by atoms with Crippen LogP contribution in [0, 0.1) is 0 Å².